The molecule has 4 rings (SSSR count). The molecule has 1 amide bonds. The standard InChI is InChI=1S/C14H11F2NO3/c15-14(16)5-10(14)11(18)17-6-13(7-17)9-4-2-1-3-8(9)12(19)20-13/h1-4,10H,5-7H2. The van der Waals surface area contributed by atoms with Gasteiger partial charge in [-0.15, -0.1) is 0 Å². The number of likely N-dealkylation sites (tertiary alicyclic amines) is 1. The molecule has 0 N–H and O–H groups in total. The van der Waals surface area contributed by atoms with Crippen molar-refractivity contribution in [2.45, 2.75) is 17.9 Å². The van der Waals surface area contributed by atoms with Gasteiger partial charge in [0.1, 0.15) is 5.92 Å². The molecule has 1 atom stereocenters. The van der Waals surface area contributed by atoms with Crippen molar-refractivity contribution >= 4 is 11.9 Å². The van der Waals surface area contributed by atoms with Gasteiger partial charge in [-0.05, 0) is 6.07 Å². The number of ether oxygens (including phenoxy) is 1. The minimum Gasteiger partial charge on any atom is -0.447 e. The number of carbonyl (C=O) groups is 2. The van der Waals surface area contributed by atoms with Crippen molar-refractivity contribution in [1.29, 1.82) is 0 Å². The van der Waals surface area contributed by atoms with E-state index in [0.717, 1.165) is 5.56 Å². The molecule has 104 valence electrons. The Hall–Kier alpha value is -1.98. The first-order valence-corrected chi connectivity index (χ1v) is 6.42. The largest absolute Gasteiger partial charge is 0.447 e. The van der Waals surface area contributed by atoms with Gasteiger partial charge in [-0.25, -0.2) is 13.6 Å². The van der Waals surface area contributed by atoms with Gasteiger partial charge in [0.15, 0.2) is 5.60 Å². The van der Waals surface area contributed by atoms with Crippen LogP contribution in [0.5, 0.6) is 0 Å². The maximum atomic E-state index is 12.9. The summed E-state index contributed by atoms with van der Waals surface area (Å²) in [6, 6.07) is 6.99. The van der Waals surface area contributed by atoms with E-state index >= 15 is 0 Å². The van der Waals surface area contributed by atoms with Crippen molar-refractivity contribution in [1.82, 2.24) is 4.90 Å². The minimum absolute atomic E-state index is 0.168. The number of halogens is 2. The van der Waals surface area contributed by atoms with Crippen LogP contribution in [0.3, 0.4) is 0 Å². The molecule has 1 aromatic rings. The predicted molar refractivity (Wildman–Crippen MR) is 63.2 cm³/mol. The number of nitrogens with zero attached hydrogens (tertiary/aromatic N) is 1. The zero-order chi connectivity index (χ0) is 14.1. The van der Waals surface area contributed by atoms with E-state index in [0.29, 0.717) is 5.56 Å². The van der Waals surface area contributed by atoms with Crippen LogP contribution >= 0.6 is 0 Å². The molecule has 1 unspecified atom stereocenters. The zero-order valence-electron chi connectivity index (χ0n) is 10.4. The lowest BCUT2D eigenvalue weighted by Crippen LogP contribution is -2.62. The Bertz CT molecular complexity index is 637. The normalized spacial score (nSPS) is 27.8. The molecule has 1 aromatic carbocycles. The fourth-order valence-electron chi connectivity index (χ4n) is 3.01. The smallest absolute Gasteiger partial charge is 0.339 e. The van der Waals surface area contributed by atoms with Crippen molar-refractivity contribution < 1.29 is 23.1 Å². The SMILES string of the molecule is O=C1OC2(CN(C(=O)C3CC3(F)F)C2)c2ccccc21. The Morgan fingerprint density at radius 1 is 1.30 bits per heavy atom. The molecule has 1 saturated carbocycles. The molecule has 2 aliphatic heterocycles. The molecule has 0 radical (unpaired) electrons. The summed E-state index contributed by atoms with van der Waals surface area (Å²) in [7, 11) is 0. The molecule has 0 bridgehead atoms. The topological polar surface area (TPSA) is 46.6 Å². The minimum atomic E-state index is -2.86. The third kappa shape index (κ3) is 1.39. The fourth-order valence-corrected chi connectivity index (χ4v) is 3.01. The molecule has 1 saturated heterocycles. The first kappa shape index (κ1) is 11.8. The van der Waals surface area contributed by atoms with E-state index in [-0.39, 0.29) is 19.5 Å². The maximum absolute atomic E-state index is 12.9. The Labute approximate surface area is 113 Å². The van der Waals surface area contributed by atoms with Gasteiger partial charge in [-0.1, -0.05) is 18.2 Å². The summed E-state index contributed by atoms with van der Waals surface area (Å²) in [4.78, 5) is 24.9. The Morgan fingerprint density at radius 2 is 1.95 bits per heavy atom. The molecule has 6 heteroatoms. The lowest BCUT2D eigenvalue weighted by Gasteiger charge is -2.46. The van der Waals surface area contributed by atoms with Crippen LogP contribution in [0.2, 0.25) is 0 Å². The van der Waals surface area contributed by atoms with Crippen LogP contribution in [-0.2, 0) is 15.1 Å². The van der Waals surface area contributed by atoms with Crippen LogP contribution in [0.15, 0.2) is 24.3 Å². The summed E-state index contributed by atoms with van der Waals surface area (Å²) < 4.78 is 31.2. The van der Waals surface area contributed by atoms with Crippen molar-refractivity contribution in [3.8, 4) is 0 Å². The summed E-state index contributed by atoms with van der Waals surface area (Å²) in [5.74, 6) is -5.00. The quantitative estimate of drug-likeness (QED) is 0.733. The van der Waals surface area contributed by atoms with Gasteiger partial charge in [0.2, 0.25) is 5.91 Å². The second-order valence-electron chi connectivity index (χ2n) is 5.64. The zero-order valence-corrected chi connectivity index (χ0v) is 10.4. The number of benzene rings is 1. The number of fused-ring (bicyclic) bond motifs is 2. The van der Waals surface area contributed by atoms with Crippen molar-refractivity contribution in [2.75, 3.05) is 13.1 Å². The Kier molecular flexibility index (Phi) is 1.99. The van der Waals surface area contributed by atoms with Crippen LogP contribution < -0.4 is 0 Å². The van der Waals surface area contributed by atoms with Gasteiger partial charge in [-0.2, -0.15) is 0 Å². The van der Waals surface area contributed by atoms with E-state index in [4.69, 9.17) is 4.74 Å². The molecule has 4 nitrogen and oxygen atoms in total. The van der Waals surface area contributed by atoms with Crippen molar-refractivity contribution in [3.05, 3.63) is 35.4 Å². The fraction of sp³-hybridized carbons (Fsp3) is 0.429. The highest BCUT2D eigenvalue weighted by Gasteiger charge is 2.65. The van der Waals surface area contributed by atoms with E-state index < -0.39 is 29.3 Å². The van der Waals surface area contributed by atoms with E-state index in [1.165, 1.54) is 4.90 Å². The van der Waals surface area contributed by atoms with E-state index in [1.54, 1.807) is 24.3 Å². The molecule has 2 heterocycles. The van der Waals surface area contributed by atoms with E-state index in [9.17, 15) is 18.4 Å². The predicted octanol–water partition coefficient (Wildman–Crippen LogP) is 1.55. The summed E-state index contributed by atoms with van der Waals surface area (Å²) >= 11 is 0. The van der Waals surface area contributed by atoms with Gasteiger partial charge in [0, 0.05) is 12.0 Å². The molecule has 3 aliphatic rings. The number of rotatable bonds is 1. The highest BCUT2D eigenvalue weighted by molar-refractivity contribution is 5.95. The summed E-state index contributed by atoms with van der Waals surface area (Å²) in [6.45, 7) is 0.336. The number of esters is 1. The Morgan fingerprint density at radius 3 is 2.60 bits per heavy atom. The molecular formula is C14H11F2NO3. The van der Waals surface area contributed by atoms with E-state index in [1.807, 2.05) is 0 Å². The molecule has 2 fully saturated rings. The first-order chi connectivity index (χ1) is 9.43. The summed E-state index contributed by atoms with van der Waals surface area (Å²) in [6.07, 6.45) is -0.369. The van der Waals surface area contributed by atoms with Crippen LogP contribution in [-0.4, -0.2) is 35.8 Å². The molecule has 20 heavy (non-hydrogen) atoms. The average Bonchev–Trinajstić information content (AvgIpc) is 2.90. The van der Waals surface area contributed by atoms with E-state index in [2.05, 4.69) is 0 Å². The molecule has 0 aromatic heterocycles. The van der Waals surface area contributed by atoms with Crippen LogP contribution in [0.1, 0.15) is 22.3 Å². The van der Waals surface area contributed by atoms with Gasteiger partial charge in [0.25, 0.3) is 5.92 Å². The highest BCUT2D eigenvalue weighted by Crippen LogP contribution is 2.52. The summed E-state index contributed by atoms with van der Waals surface area (Å²) in [5, 5.41) is 0. The second kappa shape index (κ2) is 3.37. The molecule has 1 aliphatic carbocycles. The monoisotopic (exact) mass is 279 g/mol. The van der Waals surface area contributed by atoms with Gasteiger partial charge >= 0.3 is 5.97 Å². The number of carbonyl (C=O) groups excluding carboxylic acids is 2. The van der Waals surface area contributed by atoms with Crippen LogP contribution in [0.4, 0.5) is 8.78 Å². The van der Waals surface area contributed by atoms with Crippen LogP contribution in [0.25, 0.3) is 0 Å². The first-order valence-electron chi connectivity index (χ1n) is 6.42. The van der Waals surface area contributed by atoms with Gasteiger partial charge < -0.3 is 9.64 Å². The second-order valence-corrected chi connectivity index (χ2v) is 5.64. The number of amides is 1. The number of hydrogen-bond acceptors (Lipinski definition) is 3. The lowest BCUT2D eigenvalue weighted by molar-refractivity contribution is -0.159. The molecular weight excluding hydrogens is 268 g/mol. The van der Waals surface area contributed by atoms with Crippen molar-refractivity contribution in [2.24, 2.45) is 5.92 Å². The average molecular weight is 279 g/mol. The third-order valence-electron chi connectivity index (χ3n) is 4.25. The van der Waals surface area contributed by atoms with Gasteiger partial charge in [-0.3, -0.25) is 4.79 Å². The van der Waals surface area contributed by atoms with Crippen LogP contribution in [0, 0.1) is 5.92 Å². The number of hydrogen-bond donors (Lipinski definition) is 0. The van der Waals surface area contributed by atoms with Gasteiger partial charge in [0.05, 0.1) is 18.7 Å². The number of alkyl halides is 2. The highest BCUT2D eigenvalue weighted by atomic mass is 19.3. The third-order valence-corrected chi connectivity index (χ3v) is 4.25. The lowest BCUT2D eigenvalue weighted by atomic mass is 9.85. The Balaban J connectivity index is 1.54. The van der Waals surface area contributed by atoms with Crippen molar-refractivity contribution in [3.63, 3.8) is 0 Å². The summed E-state index contributed by atoms with van der Waals surface area (Å²) in [5.41, 5.74) is 0.418. The maximum Gasteiger partial charge on any atom is 0.339 e. The molecule has 1 spiro atoms.